The molecule has 2 N–H and O–H groups in total. The number of rotatable bonds is 5. The lowest BCUT2D eigenvalue weighted by Gasteiger charge is -2.30. The first kappa shape index (κ1) is 19.9. The third-order valence-electron chi connectivity index (χ3n) is 5.24. The van der Waals surface area contributed by atoms with Crippen molar-refractivity contribution in [1.29, 1.82) is 0 Å². The Bertz CT molecular complexity index is 953. The molecule has 1 saturated carbocycles. The van der Waals surface area contributed by atoms with Crippen LogP contribution >= 0.6 is 0 Å². The number of amides is 1. The zero-order valence-corrected chi connectivity index (χ0v) is 16.4. The number of benzene rings is 1. The van der Waals surface area contributed by atoms with Gasteiger partial charge in [-0.1, -0.05) is 19.3 Å². The molecule has 0 bridgehead atoms. The summed E-state index contributed by atoms with van der Waals surface area (Å²) < 4.78 is 6.19. The smallest absolute Gasteiger partial charge is 0.360 e. The van der Waals surface area contributed by atoms with Crippen LogP contribution in [0.1, 0.15) is 46.0 Å². The van der Waals surface area contributed by atoms with Crippen molar-refractivity contribution in [2.24, 2.45) is 0 Å². The van der Waals surface area contributed by atoms with E-state index in [2.05, 4.69) is 15.4 Å². The van der Waals surface area contributed by atoms with Gasteiger partial charge in [-0.2, -0.15) is 4.98 Å². The minimum atomic E-state index is -1.27. The molecule has 1 aliphatic rings. The standard InChI is InChI=1S/C20H26N4O4/c1-20(2,18(26)21-14-7-5-4-6-8-14)24-17(25)16(22-19(27)23-24)13-9-11-15(28-3)12-10-13/h9-12,14H,4-8H2,1-3H3,(H,21,26)(H,23,27). The first-order valence-corrected chi connectivity index (χ1v) is 9.52. The summed E-state index contributed by atoms with van der Waals surface area (Å²) in [4.78, 5) is 41.9. The molecule has 1 aromatic carbocycles. The van der Waals surface area contributed by atoms with E-state index in [1.807, 2.05) is 0 Å². The van der Waals surface area contributed by atoms with E-state index in [-0.39, 0.29) is 17.6 Å². The predicted molar refractivity (Wildman–Crippen MR) is 105 cm³/mol. The number of aromatic amines is 1. The van der Waals surface area contributed by atoms with Crippen LogP contribution < -0.4 is 21.3 Å². The highest BCUT2D eigenvalue weighted by Gasteiger charge is 2.34. The molecule has 1 fully saturated rings. The lowest BCUT2D eigenvalue weighted by molar-refractivity contribution is -0.130. The van der Waals surface area contributed by atoms with Crippen LogP contribution in [-0.2, 0) is 10.3 Å². The molecule has 8 heteroatoms. The molecule has 0 atom stereocenters. The molecule has 8 nitrogen and oxygen atoms in total. The first-order valence-electron chi connectivity index (χ1n) is 9.52. The quantitative estimate of drug-likeness (QED) is 0.815. The third-order valence-corrected chi connectivity index (χ3v) is 5.24. The zero-order valence-electron chi connectivity index (χ0n) is 16.4. The van der Waals surface area contributed by atoms with Crippen molar-refractivity contribution >= 4 is 5.91 Å². The van der Waals surface area contributed by atoms with E-state index < -0.39 is 16.8 Å². The largest absolute Gasteiger partial charge is 0.497 e. The van der Waals surface area contributed by atoms with Crippen LogP contribution in [0.2, 0.25) is 0 Å². The molecule has 0 spiro atoms. The van der Waals surface area contributed by atoms with Crippen LogP contribution in [0.15, 0.2) is 33.9 Å². The summed E-state index contributed by atoms with van der Waals surface area (Å²) in [5.41, 5.74) is -2.02. The summed E-state index contributed by atoms with van der Waals surface area (Å²) in [7, 11) is 1.54. The molecule has 0 aliphatic heterocycles. The fourth-order valence-corrected chi connectivity index (χ4v) is 3.47. The van der Waals surface area contributed by atoms with Gasteiger partial charge in [-0.25, -0.2) is 14.6 Å². The molecule has 1 aromatic heterocycles. The fraction of sp³-hybridized carbons (Fsp3) is 0.500. The van der Waals surface area contributed by atoms with Gasteiger partial charge in [0, 0.05) is 11.6 Å². The molecule has 0 radical (unpaired) electrons. The average molecular weight is 386 g/mol. The van der Waals surface area contributed by atoms with Crippen LogP contribution in [-0.4, -0.2) is 33.8 Å². The maximum absolute atomic E-state index is 13.0. The van der Waals surface area contributed by atoms with Crippen molar-refractivity contribution < 1.29 is 9.53 Å². The number of carbonyl (C=O) groups excluding carboxylic acids is 1. The van der Waals surface area contributed by atoms with Crippen LogP contribution in [0, 0.1) is 0 Å². The number of nitrogens with one attached hydrogen (secondary N) is 2. The van der Waals surface area contributed by atoms with E-state index in [4.69, 9.17) is 4.74 Å². The third kappa shape index (κ3) is 4.00. The Morgan fingerprint density at radius 2 is 1.82 bits per heavy atom. The number of carbonyl (C=O) groups is 1. The second-order valence-corrected chi connectivity index (χ2v) is 7.61. The summed E-state index contributed by atoms with van der Waals surface area (Å²) in [5.74, 6) is 0.324. The summed E-state index contributed by atoms with van der Waals surface area (Å²) in [6.45, 7) is 3.22. The van der Waals surface area contributed by atoms with Crippen LogP contribution in [0.5, 0.6) is 5.75 Å². The van der Waals surface area contributed by atoms with Crippen molar-refractivity contribution in [3.05, 3.63) is 45.1 Å². The van der Waals surface area contributed by atoms with Crippen molar-refractivity contribution in [3.8, 4) is 17.0 Å². The topological polar surface area (TPSA) is 106 Å². The van der Waals surface area contributed by atoms with Crippen molar-refractivity contribution in [2.45, 2.75) is 57.5 Å². The molecule has 3 rings (SSSR count). The molecule has 150 valence electrons. The van der Waals surface area contributed by atoms with Gasteiger partial charge in [0.15, 0.2) is 0 Å². The number of methoxy groups -OCH3 is 1. The highest BCUT2D eigenvalue weighted by molar-refractivity contribution is 5.83. The molecule has 1 amide bonds. The van der Waals surface area contributed by atoms with Gasteiger partial charge in [0.2, 0.25) is 5.91 Å². The Hall–Kier alpha value is -2.90. The SMILES string of the molecule is COc1ccc(-c2nc(=O)[nH]n(C(C)(C)C(=O)NC3CCCCC3)c2=O)cc1. The van der Waals surface area contributed by atoms with Crippen LogP contribution in [0.25, 0.3) is 11.3 Å². The maximum Gasteiger partial charge on any atom is 0.360 e. The number of hydrogen-bond donors (Lipinski definition) is 2. The molecular formula is C20H26N4O4. The summed E-state index contributed by atoms with van der Waals surface area (Å²) in [5, 5.41) is 5.44. The summed E-state index contributed by atoms with van der Waals surface area (Å²) >= 11 is 0. The molecular weight excluding hydrogens is 360 g/mol. The molecule has 0 saturated heterocycles. The van der Waals surface area contributed by atoms with Crippen LogP contribution in [0.3, 0.4) is 0 Å². The Labute approximate surface area is 162 Å². The van der Waals surface area contributed by atoms with Crippen LogP contribution in [0.4, 0.5) is 0 Å². The first-order chi connectivity index (χ1) is 13.3. The van der Waals surface area contributed by atoms with Gasteiger partial charge in [0.05, 0.1) is 7.11 Å². The lowest BCUT2D eigenvalue weighted by Crippen LogP contribution is -2.54. The minimum Gasteiger partial charge on any atom is -0.497 e. The zero-order chi connectivity index (χ0) is 20.3. The van der Waals surface area contributed by atoms with Gasteiger partial charge in [-0.05, 0) is 51.0 Å². The Morgan fingerprint density at radius 3 is 2.43 bits per heavy atom. The minimum absolute atomic E-state index is 0.00931. The Kier molecular flexibility index (Phi) is 5.67. The normalized spacial score (nSPS) is 15.2. The van der Waals surface area contributed by atoms with E-state index in [0.717, 1.165) is 30.4 Å². The Morgan fingerprint density at radius 1 is 1.18 bits per heavy atom. The van der Waals surface area contributed by atoms with E-state index in [1.165, 1.54) is 6.42 Å². The summed E-state index contributed by atoms with van der Waals surface area (Å²) in [6.07, 6.45) is 5.21. The number of nitrogens with zero attached hydrogens (tertiary/aromatic N) is 2. The van der Waals surface area contributed by atoms with Gasteiger partial charge in [0.1, 0.15) is 17.0 Å². The molecule has 28 heavy (non-hydrogen) atoms. The van der Waals surface area contributed by atoms with E-state index >= 15 is 0 Å². The van der Waals surface area contributed by atoms with Gasteiger partial charge < -0.3 is 10.1 Å². The average Bonchev–Trinajstić information content (AvgIpc) is 2.70. The van der Waals surface area contributed by atoms with Crippen molar-refractivity contribution in [3.63, 3.8) is 0 Å². The predicted octanol–water partition coefficient (Wildman–Crippen LogP) is 1.79. The van der Waals surface area contributed by atoms with Gasteiger partial charge in [-0.3, -0.25) is 9.59 Å². The fourth-order valence-electron chi connectivity index (χ4n) is 3.47. The molecule has 2 aromatic rings. The monoisotopic (exact) mass is 386 g/mol. The van der Waals surface area contributed by atoms with E-state index in [1.54, 1.807) is 45.2 Å². The lowest BCUT2D eigenvalue weighted by atomic mass is 9.94. The number of hydrogen-bond acceptors (Lipinski definition) is 5. The van der Waals surface area contributed by atoms with Gasteiger partial charge in [0.25, 0.3) is 5.56 Å². The Balaban J connectivity index is 1.96. The second-order valence-electron chi connectivity index (χ2n) is 7.61. The molecule has 0 unspecified atom stereocenters. The second kappa shape index (κ2) is 8.00. The van der Waals surface area contributed by atoms with E-state index in [9.17, 15) is 14.4 Å². The molecule has 1 aliphatic carbocycles. The van der Waals surface area contributed by atoms with Gasteiger partial charge >= 0.3 is 5.69 Å². The maximum atomic E-state index is 13.0. The van der Waals surface area contributed by atoms with Crippen molar-refractivity contribution in [1.82, 2.24) is 20.1 Å². The highest BCUT2D eigenvalue weighted by atomic mass is 16.5. The number of ether oxygens (including phenoxy) is 1. The van der Waals surface area contributed by atoms with Gasteiger partial charge in [-0.15, -0.1) is 0 Å². The number of aromatic nitrogens is 3. The summed E-state index contributed by atoms with van der Waals surface area (Å²) in [6, 6.07) is 6.78. The number of H-pyrrole nitrogens is 1. The molecule has 1 heterocycles. The van der Waals surface area contributed by atoms with E-state index in [0.29, 0.717) is 11.3 Å². The highest BCUT2D eigenvalue weighted by Crippen LogP contribution is 2.21. The van der Waals surface area contributed by atoms with Crippen molar-refractivity contribution in [2.75, 3.05) is 7.11 Å².